The number of piperidine rings is 1. The zero-order valence-corrected chi connectivity index (χ0v) is 11.9. The molecule has 18 heavy (non-hydrogen) atoms. The molecule has 0 amide bonds. The first-order valence-electron chi connectivity index (χ1n) is 7.07. The van der Waals surface area contributed by atoms with E-state index in [0.29, 0.717) is 5.92 Å². The Labute approximate surface area is 113 Å². The van der Waals surface area contributed by atoms with Crippen molar-refractivity contribution in [1.82, 2.24) is 20.1 Å². The van der Waals surface area contributed by atoms with E-state index in [2.05, 4.69) is 27.1 Å². The maximum Gasteiger partial charge on any atom is 0.190 e. The van der Waals surface area contributed by atoms with Crippen molar-refractivity contribution < 1.29 is 0 Å². The number of nitrogens with one attached hydrogen (secondary N) is 1. The Morgan fingerprint density at radius 1 is 1.28 bits per heavy atom. The fourth-order valence-corrected chi connectivity index (χ4v) is 3.84. The molecule has 1 N–H and O–H groups in total. The molecule has 3 rings (SSSR count). The van der Waals surface area contributed by atoms with Crippen molar-refractivity contribution in [3.05, 3.63) is 5.82 Å². The summed E-state index contributed by atoms with van der Waals surface area (Å²) in [5.41, 5.74) is 0. The van der Waals surface area contributed by atoms with Crippen LogP contribution in [0.15, 0.2) is 5.16 Å². The van der Waals surface area contributed by atoms with Gasteiger partial charge in [0, 0.05) is 25.3 Å². The first-order chi connectivity index (χ1) is 8.84. The largest absolute Gasteiger partial charge is 0.316 e. The minimum atomic E-state index is 0.550. The highest BCUT2D eigenvalue weighted by Crippen LogP contribution is 2.32. The van der Waals surface area contributed by atoms with Gasteiger partial charge in [-0.3, -0.25) is 0 Å². The van der Waals surface area contributed by atoms with Gasteiger partial charge in [-0.15, -0.1) is 10.2 Å². The van der Waals surface area contributed by atoms with Gasteiger partial charge in [0.15, 0.2) is 5.16 Å². The molecule has 2 heterocycles. The molecule has 1 unspecified atom stereocenters. The van der Waals surface area contributed by atoms with Gasteiger partial charge in [-0.05, 0) is 38.1 Å². The molecule has 0 radical (unpaired) electrons. The summed E-state index contributed by atoms with van der Waals surface area (Å²) in [6.45, 7) is 2.21. The molecule has 1 saturated heterocycles. The highest BCUT2D eigenvalue weighted by molar-refractivity contribution is 7.99. The van der Waals surface area contributed by atoms with Crippen LogP contribution >= 0.6 is 11.8 Å². The average molecular weight is 266 g/mol. The number of hydrogen-bond acceptors (Lipinski definition) is 4. The maximum absolute atomic E-state index is 4.41. The summed E-state index contributed by atoms with van der Waals surface area (Å²) >= 11 is 1.88. The van der Waals surface area contributed by atoms with Gasteiger partial charge in [-0.2, -0.15) is 0 Å². The molecule has 0 aromatic carbocycles. The van der Waals surface area contributed by atoms with Crippen LogP contribution in [0.1, 0.15) is 43.8 Å². The van der Waals surface area contributed by atoms with E-state index in [0.717, 1.165) is 24.2 Å². The second-order valence-electron chi connectivity index (χ2n) is 5.55. The van der Waals surface area contributed by atoms with Gasteiger partial charge in [-0.1, -0.05) is 18.2 Å². The van der Waals surface area contributed by atoms with E-state index < -0.39 is 0 Å². The molecular weight excluding hydrogens is 244 g/mol. The van der Waals surface area contributed by atoms with Crippen LogP contribution < -0.4 is 5.32 Å². The molecule has 100 valence electrons. The third-order valence-electron chi connectivity index (χ3n) is 4.20. The monoisotopic (exact) mass is 266 g/mol. The third kappa shape index (κ3) is 2.57. The fraction of sp³-hybridized carbons (Fsp3) is 0.846. The molecular formula is C13H22N4S. The molecule has 1 aliphatic carbocycles. The average Bonchev–Trinajstić information content (AvgIpc) is 2.70. The van der Waals surface area contributed by atoms with Crippen LogP contribution in [0.4, 0.5) is 0 Å². The zero-order chi connectivity index (χ0) is 12.4. The lowest BCUT2D eigenvalue weighted by Gasteiger charge is -2.24. The predicted molar refractivity (Wildman–Crippen MR) is 73.9 cm³/mol. The minimum Gasteiger partial charge on any atom is -0.316 e. The standard InChI is InChI=1S/C13H22N4S/c1-17-12(11-6-3-7-14-8-11)15-16-13(17)18-9-10-4-2-5-10/h10-11,14H,2-9H2,1H3. The van der Waals surface area contributed by atoms with Crippen LogP contribution in [0.2, 0.25) is 0 Å². The van der Waals surface area contributed by atoms with Crippen molar-refractivity contribution >= 4 is 11.8 Å². The van der Waals surface area contributed by atoms with Crippen molar-refractivity contribution in [3.63, 3.8) is 0 Å². The normalized spacial score (nSPS) is 25.1. The topological polar surface area (TPSA) is 42.7 Å². The van der Waals surface area contributed by atoms with E-state index in [-0.39, 0.29) is 0 Å². The quantitative estimate of drug-likeness (QED) is 0.848. The van der Waals surface area contributed by atoms with E-state index in [1.165, 1.54) is 43.7 Å². The molecule has 1 aromatic rings. The Balaban J connectivity index is 1.62. The van der Waals surface area contributed by atoms with Gasteiger partial charge in [0.1, 0.15) is 5.82 Å². The lowest BCUT2D eigenvalue weighted by molar-refractivity contribution is 0.353. The summed E-state index contributed by atoms with van der Waals surface area (Å²) in [5.74, 6) is 3.86. The van der Waals surface area contributed by atoms with Crippen LogP contribution in [0.25, 0.3) is 0 Å². The van der Waals surface area contributed by atoms with E-state index >= 15 is 0 Å². The van der Waals surface area contributed by atoms with Crippen molar-refractivity contribution in [2.24, 2.45) is 13.0 Å². The summed E-state index contributed by atoms with van der Waals surface area (Å²) in [4.78, 5) is 0. The highest BCUT2D eigenvalue weighted by atomic mass is 32.2. The van der Waals surface area contributed by atoms with Crippen molar-refractivity contribution in [2.45, 2.75) is 43.2 Å². The fourth-order valence-electron chi connectivity index (χ4n) is 2.73. The SMILES string of the molecule is Cn1c(SCC2CCC2)nnc1C1CCCNC1. The molecule has 5 heteroatoms. The van der Waals surface area contributed by atoms with Crippen LogP contribution in [0.5, 0.6) is 0 Å². The highest BCUT2D eigenvalue weighted by Gasteiger charge is 2.23. The van der Waals surface area contributed by atoms with Gasteiger partial charge in [0.05, 0.1) is 0 Å². The Bertz CT molecular complexity index is 394. The Kier molecular flexibility index (Phi) is 3.89. The summed E-state index contributed by atoms with van der Waals surface area (Å²) < 4.78 is 2.21. The molecule has 0 bridgehead atoms. The van der Waals surface area contributed by atoms with E-state index in [4.69, 9.17) is 0 Å². The second-order valence-corrected chi connectivity index (χ2v) is 6.54. The molecule has 1 aliphatic heterocycles. The number of nitrogens with zero attached hydrogens (tertiary/aromatic N) is 3. The van der Waals surface area contributed by atoms with Crippen molar-refractivity contribution in [3.8, 4) is 0 Å². The van der Waals surface area contributed by atoms with Gasteiger partial charge in [0.2, 0.25) is 0 Å². The summed E-state index contributed by atoms with van der Waals surface area (Å²) in [6, 6.07) is 0. The number of thioether (sulfide) groups is 1. The molecule has 0 spiro atoms. The van der Waals surface area contributed by atoms with Crippen molar-refractivity contribution in [2.75, 3.05) is 18.8 Å². The molecule has 2 aliphatic rings. The Hall–Kier alpha value is -0.550. The van der Waals surface area contributed by atoms with Gasteiger partial charge in [-0.25, -0.2) is 0 Å². The lowest BCUT2D eigenvalue weighted by Crippen LogP contribution is -2.29. The molecule has 2 fully saturated rings. The summed E-state index contributed by atoms with van der Waals surface area (Å²) in [7, 11) is 2.12. The summed E-state index contributed by atoms with van der Waals surface area (Å²) in [6.07, 6.45) is 6.73. The zero-order valence-electron chi connectivity index (χ0n) is 11.1. The first kappa shape index (κ1) is 12.5. The maximum atomic E-state index is 4.41. The molecule has 1 saturated carbocycles. The first-order valence-corrected chi connectivity index (χ1v) is 8.06. The minimum absolute atomic E-state index is 0.550. The van der Waals surface area contributed by atoms with E-state index in [1.807, 2.05) is 11.8 Å². The van der Waals surface area contributed by atoms with Crippen LogP contribution in [0.3, 0.4) is 0 Å². The molecule has 4 nitrogen and oxygen atoms in total. The van der Waals surface area contributed by atoms with Gasteiger partial charge in [0.25, 0.3) is 0 Å². The van der Waals surface area contributed by atoms with E-state index in [1.54, 1.807) is 0 Å². The molecule has 1 atom stereocenters. The smallest absolute Gasteiger partial charge is 0.190 e. The Morgan fingerprint density at radius 3 is 2.83 bits per heavy atom. The predicted octanol–water partition coefficient (Wildman–Crippen LogP) is 2.17. The summed E-state index contributed by atoms with van der Waals surface area (Å²) in [5, 5.41) is 13.3. The lowest BCUT2D eigenvalue weighted by atomic mass is 9.87. The number of rotatable bonds is 4. The molecule has 1 aromatic heterocycles. The number of aromatic nitrogens is 3. The van der Waals surface area contributed by atoms with Crippen molar-refractivity contribution in [1.29, 1.82) is 0 Å². The van der Waals surface area contributed by atoms with Gasteiger partial charge >= 0.3 is 0 Å². The van der Waals surface area contributed by atoms with Crippen LogP contribution in [0, 0.1) is 5.92 Å². The van der Waals surface area contributed by atoms with E-state index in [9.17, 15) is 0 Å². The Morgan fingerprint density at radius 2 is 2.17 bits per heavy atom. The third-order valence-corrected chi connectivity index (χ3v) is 5.46. The number of hydrogen-bond donors (Lipinski definition) is 1. The van der Waals surface area contributed by atoms with Crippen LogP contribution in [-0.4, -0.2) is 33.6 Å². The van der Waals surface area contributed by atoms with Gasteiger partial charge < -0.3 is 9.88 Å². The second kappa shape index (κ2) is 5.61. The van der Waals surface area contributed by atoms with Crippen LogP contribution in [-0.2, 0) is 7.05 Å².